The number of methoxy groups -OCH3 is 1. The van der Waals surface area contributed by atoms with Crippen molar-refractivity contribution < 1.29 is 9.84 Å². The van der Waals surface area contributed by atoms with Crippen LogP contribution in [0.4, 0.5) is 0 Å². The molecule has 0 aliphatic heterocycles. The fraction of sp³-hybridized carbons (Fsp3) is 0.0667. The highest BCUT2D eigenvalue weighted by Gasteiger charge is 2.34. The molecule has 0 fully saturated rings. The van der Waals surface area contributed by atoms with Crippen molar-refractivity contribution in [1.29, 1.82) is 0 Å². The zero-order chi connectivity index (χ0) is 21.7. The van der Waals surface area contributed by atoms with Crippen LogP contribution >= 0.6 is 0 Å². The number of fused-ring (bicyclic) bond motifs is 4. The summed E-state index contributed by atoms with van der Waals surface area (Å²) in [6.07, 6.45) is -0.676. The molecular weight excluding hydrogens is 392 g/mol. The van der Waals surface area contributed by atoms with Crippen molar-refractivity contribution in [1.82, 2.24) is 0 Å². The summed E-state index contributed by atoms with van der Waals surface area (Å²) in [5, 5.41) is 13.9. The molecule has 0 spiro atoms. The van der Waals surface area contributed by atoms with Crippen molar-refractivity contribution in [3.05, 3.63) is 114 Å². The molecular formula is C30H22O2. The summed E-state index contributed by atoms with van der Waals surface area (Å²) in [5.74, 6) is 0.819. The summed E-state index contributed by atoms with van der Waals surface area (Å²) < 4.78 is 5.38. The Morgan fingerprint density at radius 1 is 0.594 bits per heavy atom. The third-order valence-corrected chi connectivity index (χ3v) is 6.49. The normalized spacial score (nSPS) is 14.2. The second kappa shape index (κ2) is 7.37. The molecule has 0 bridgehead atoms. The second-order valence-corrected chi connectivity index (χ2v) is 8.17. The van der Waals surface area contributed by atoms with Crippen LogP contribution in [-0.4, -0.2) is 12.2 Å². The number of aliphatic hydroxyl groups is 1. The number of hydrogen-bond acceptors (Lipinski definition) is 2. The Morgan fingerprint density at radius 3 is 1.91 bits per heavy atom. The van der Waals surface area contributed by atoms with Crippen LogP contribution in [0, 0.1) is 0 Å². The quantitative estimate of drug-likeness (QED) is 0.337. The molecule has 5 aromatic rings. The molecule has 0 saturated heterocycles. The van der Waals surface area contributed by atoms with E-state index in [1.165, 1.54) is 10.9 Å². The maximum atomic E-state index is 11.6. The number of ether oxygens (including phenoxy) is 1. The van der Waals surface area contributed by atoms with Crippen LogP contribution in [0.15, 0.2) is 103 Å². The minimum absolute atomic E-state index is 0.676. The van der Waals surface area contributed by atoms with E-state index in [4.69, 9.17) is 4.74 Å². The SMILES string of the molecule is COc1ccc(-c2c3c(c(-c4ccccc4)c4ccccc24)-c2ccccc2C3O)cc1. The first-order valence-corrected chi connectivity index (χ1v) is 10.8. The lowest BCUT2D eigenvalue weighted by Crippen LogP contribution is -2.00. The zero-order valence-electron chi connectivity index (χ0n) is 17.7. The lowest BCUT2D eigenvalue weighted by Gasteiger charge is -2.21. The molecule has 0 saturated carbocycles. The largest absolute Gasteiger partial charge is 0.497 e. The molecule has 2 nitrogen and oxygen atoms in total. The third kappa shape index (κ3) is 2.70. The Kier molecular flexibility index (Phi) is 4.34. The van der Waals surface area contributed by atoms with E-state index in [0.29, 0.717) is 0 Å². The standard InChI is InChI=1S/C30H22O2/c1-32-21-17-15-20(16-18-21)27-23-12-6-5-11-22(23)26(19-9-3-2-4-10-19)28-24-13-7-8-14-25(24)30(31)29(27)28/h2-18,30-31H,1H3. The fourth-order valence-corrected chi connectivity index (χ4v) is 5.10. The molecule has 0 heterocycles. The van der Waals surface area contributed by atoms with Gasteiger partial charge in [-0.3, -0.25) is 0 Å². The van der Waals surface area contributed by atoms with E-state index in [9.17, 15) is 5.11 Å². The van der Waals surface area contributed by atoms with Crippen molar-refractivity contribution in [2.75, 3.05) is 7.11 Å². The molecule has 1 aliphatic rings. The van der Waals surface area contributed by atoms with Crippen LogP contribution in [0.3, 0.4) is 0 Å². The second-order valence-electron chi connectivity index (χ2n) is 8.17. The van der Waals surface area contributed by atoms with Gasteiger partial charge in [0, 0.05) is 5.56 Å². The van der Waals surface area contributed by atoms with E-state index in [2.05, 4.69) is 72.8 Å². The fourth-order valence-electron chi connectivity index (χ4n) is 5.10. The lowest BCUT2D eigenvalue weighted by molar-refractivity contribution is 0.226. The molecule has 5 aromatic carbocycles. The molecule has 0 radical (unpaired) electrons. The maximum absolute atomic E-state index is 11.6. The Labute approximate surface area is 187 Å². The minimum atomic E-state index is -0.676. The Morgan fingerprint density at radius 2 is 1.19 bits per heavy atom. The van der Waals surface area contributed by atoms with E-state index in [1.54, 1.807) is 7.11 Å². The summed E-state index contributed by atoms with van der Waals surface area (Å²) in [7, 11) is 1.68. The molecule has 6 rings (SSSR count). The lowest BCUT2D eigenvalue weighted by atomic mass is 9.83. The number of aliphatic hydroxyl groups excluding tert-OH is 1. The molecule has 1 unspecified atom stereocenters. The predicted octanol–water partition coefficient (Wildman–Crippen LogP) is 7.24. The van der Waals surface area contributed by atoms with Crippen molar-refractivity contribution in [3.63, 3.8) is 0 Å². The number of benzene rings is 5. The van der Waals surface area contributed by atoms with Crippen molar-refractivity contribution in [3.8, 4) is 39.1 Å². The van der Waals surface area contributed by atoms with Gasteiger partial charge in [0.15, 0.2) is 0 Å². The van der Waals surface area contributed by atoms with Crippen molar-refractivity contribution in [2.24, 2.45) is 0 Å². The van der Waals surface area contributed by atoms with Gasteiger partial charge in [0.05, 0.1) is 7.11 Å². The first kappa shape index (κ1) is 18.9. The average molecular weight is 415 g/mol. The third-order valence-electron chi connectivity index (χ3n) is 6.49. The molecule has 154 valence electrons. The molecule has 1 atom stereocenters. The highest BCUT2D eigenvalue weighted by molar-refractivity contribution is 6.14. The number of hydrogen-bond donors (Lipinski definition) is 1. The Balaban J connectivity index is 1.80. The van der Waals surface area contributed by atoms with Gasteiger partial charge < -0.3 is 9.84 Å². The summed E-state index contributed by atoms with van der Waals surface area (Å²) in [5.41, 5.74) is 8.67. The van der Waals surface area contributed by atoms with E-state index < -0.39 is 6.10 Å². The van der Waals surface area contributed by atoms with Gasteiger partial charge in [0.1, 0.15) is 11.9 Å². The molecule has 0 aromatic heterocycles. The predicted molar refractivity (Wildman–Crippen MR) is 131 cm³/mol. The zero-order valence-corrected chi connectivity index (χ0v) is 17.7. The summed E-state index contributed by atoms with van der Waals surface area (Å²) in [4.78, 5) is 0. The van der Waals surface area contributed by atoms with Crippen molar-refractivity contribution >= 4 is 10.8 Å². The van der Waals surface area contributed by atoms with E-state index >= 15 is 0 Å². The van der Waals surface area contributed by atoms with E-state index in [1.807, 2.05) is 30.3 Å². The molecule has 32 heavy (non-hydrogen) atoms. The molecule has 0 amide bonds. The van der Waals surface area contributed by atoms with Gasteiger partial charge in [0.25, 0.3) is 0 Å². The van der Waals surface area contributed by atoms with Gasteiger partial charge in [-0.2, -0.15) is 0 Å². The molecule has 1 N–H and O–H groups in total. The Bertz CT molecular complexity index is 1450. The first-order valence-electron chi connectivity index (χ1n) is 10.8. The average Bonchev–Trinajstić information content (AvgIpc) is 3.15. The van der Waals surface area contributed by atoms with Gasteiger partial charge in [0.2, 0.25) is 0 Å². The van der Waals surface area contributed by atoms with Crippen LogP contribution in [0.2, 0.25) is 0 Å². The topological polar surface area (TPSA) is 29.5 Å². The maximum Gasteiger partial charge on any atom is 0.118 e. The van der Waals surface area contributed by atoms with Crippen LogP contribution in [0.5, 0.6) is 5.75 Å². The highest BCUT2D eigenvalue weighted by Crippen LogP contribution is 2.55. The van der Waals surface area contributed by atoms with E-state index in [0.717, 1.165) is 50.1 Å². The smallest absolute Gasteiger partial charge is 0.118 e. The van der Waals surface area contributed by atoms with E-state index in [-0.39, 0.29) is 0 Å². The van der Waals surface area contributed by atoms with Crippen LogP contribution < -0.4 is 4.74 Å². The molecule has 2 heteroatoms. The van der Waals surface area contributed by atoms with Gasteiger partial charge in [-0.05, 0) is 61.8 Å². The van der Waals surface area contributed by atoms with Crippen LogP contribution in [0.1, 0.15) is 17.2 Å². The summed E-state index contributed by atoms with van der Waals surface area (Å²) in [6.45, 7) is 0. The van der Waals surface area contributed by atoms with Gasteiger partial charge >= 0.3 is 0 Å². The minimum Gasteiger partial charge on any atom is -0.497 e. The number of rotatable bonds is 3. The summed E-state index contributed by atoms with van der Waals surface area (Å²) >= 11 is 0. The monoisotopic (exact) mass is 414 g/mol. The van der Waals surface area contributed by atoms with Crippen LogP contribution in [0.25, 0.3) is 44.2 Å². The molecule has 1 aliphatic carbocycles. The first-order chi connectivity index (χ1) is 15.8. The Hall–Kier alpha value is -3.88. The highest BCUT2D eigenvalue weighted by atomic mass is 16.5. The van der Waals surface area contributed by atoms with Gasteiger partial charge in [-0.15, -0.1) is 0 Å². The van der Waals surface area contributed by atoms with Crippen molar-refractivity contribution in [2.45, 2.75) is 6.10 Å². The van der Waals surface area contributed by atoms with Gasteiger partial charge in [-0.25, -0.2) is 0 Å². The summed E-state index contributed by atoms with van der Waals surface area (Å²) in [6, 6.07) is 35.4. The van der Waals surface area contributed by atoms with Gasteiger partial charge in [-0.1, -0.05) is 91.0 Å². The van der Waals surface area contributed by atoms with Crippen LogP contribution in [-0.2, 0) is 0 Å².